The van der Waals surface area contributed by atoms with Gasteiger partial charge >= 0.3 is 6.09 Å². The number of carbonyl (C=O) groups excluding carboxylic acids is 1. The minimum absolute atomic E-state index is 0.265. The highest BCUT2D eigenvalue weighted by molar-refractivity contribution is 5.68. The number of hydrogen-bond donors (Lipinski definition) is 2. The highest BCUT2D eigenvalue weighted by Gasteiger charge is 2.43. The van der Waals surface area contributed by atoms with E-state index in [0.29, 0.717) is 0 Å². The minimum atomic E-state index is -0.571. The summed E-state index contributed by atoms with van der Waals surface area (Å²) in [7, 11) is 0. The Bertz CT molecular complexity index is 391. The van der Waals surface area contributed by atoms with Gasteiger partial charge in [-0.15, -0.1) is 0 Å². The molecule has 0 aromatic carbocycles. The van der Waals surface area contributed by atoms with Gasteiger partial charge in [0, 0.05) is 0 Å². The van der Waals surface area contributed by atoms with Crippen LogP contribution in [0.2, 0.25) is 0 Å². The first-order chi connectivity index (χ1) is 8.37. The van der Waals surface area contributed by atoms with Crippen LogP contribution in [0.5, 0.6) is 0 Å². The van der Waals surface area contributed by atoms with E-state index >= 15 is 0 Å². The Morgan fingerprint density at radius 2 is 1.67 bits per heavy atom. The molecule has 0 aromatic heterocycles. The van der Waals surface area contributed by atoms with E-state index < -0.39 is 23.8 Å². The Balaban J connectivity index is 2.74. The number of hydrogen-bond acceptors (Lipinski definition) is 6. The number of rotatable bonds is 2. The third-order valence-corrected chi connectivity index (χ3v) is 2.32. The molecule has 0 spiro atoms. The first-order valence-corrected chi connectivity index (χ1v) is 5.48. The fraction of sp³-hybridized carbons (Fsp3) is 0.889. The van der Waals surface area contributed by atoms with Crippen LogP contribution in [0.4, 0.5) is 4.79 Å². The number of carbonyl (C=O) groups is 1. The first kappa shape index (κ1) is 14.0. The van der Waals surface area contributed by atoms with Crippen molar-refractivity contribution in [1.29, 1.82) is 11.1 Å². The van der Waals surface area contributed by atoms with Gasteiger partial charge in [0.05, 0.1) is 13.1 Å². The summed E-state index contributed by atoms with van der Waals surface area (Å²) in [5.74, 6) is 0. The van der Waals surface area contributed by atoms with Gasteiger partial charge in [0.15, 0.2) is 12.1 Å². The summed E-state index contributed by atoms with van der Waals surface area (Å²) in [5.41, 5.74) is 12.9. The highest BCUT2D eigenvalue weighted by atomic mass is 16.6. The summed E-state index contributed by atoms with van der Waals surface area (Å²) in [6, 6.07) is -0.881. The first-order valence-electron chi connectivity index (χ1n) is 5.48. The fourth-order valence-corrected chi connectivity index (χ4v) is 1.62. The molecule has 2 N–H and O–H groups in total. The van der Waals surface area contributed by atoms with E-state index in [1.807, 2.05) is 0 Å². The molecule has 1 aliphatic rings. The molecular weight excluding hydrogens is 238 g/mol. The molecule has 98 valence electrons. The molecule has 0 radical (unpaired) electrons. The van der Waals surface area contributed by atoms with Crippen LogP contribution in [0.15, 0.2) is 10.2 Å². The van der Waals surface area contributed by atoms with Gasteiger partial charge in [0.2, 0.25) is 9.82 Å². The molecule has 1 aliphatic heterocycles. The molecule has 2 atom stereocenters. The Labute approximate surface area is 104 Å². The minimum Gasteiger partial charge on any atom is -0.444 e. The number of likely N-dealkylation sites (tertiary alicyclic amines) is 1. The van der Waals surface area contributed by atoms with E-state index in [9.17, 15) is 4.79 Å². The Morgan fingerprint density at radius 1 is 1.22 bits per heavy atom. The number of nitrogens with zero attached hydrogens (tertiary/aromatic N) is 5. The molecule has 9 nitrogen and oxygen atoms in total. The largest absolute Gasteiger partial charge is 0.444 e. The molecule has 0 aliphatic carbocycles. The van der Waals surface area contributed by atoms with Crippen LogP contribution >= 0.6 is 0 Å². The summed E-state index contributed by atoms with van der Waals surface area (Å²) in [6.07, 6.45) is -0.463. The molecule has 1 amide bonds. The zero-order chi connectivity index (χ0) is 13.8. The van der Waals surface area contributed by atoms with Gasteiger partial charge < -0.3 is 9.64 Å². The average molecular weight is 255 g/mol. The summed E-state index contributed by atoms with van der Waals surface area (Å²) in [5, 5.41) is 7.32. The monoisotopic (exact) mass is 255 g/mol. The number of amides is 1. The topological polar surface area (TPSA) is 130 Å². The molecule has 1 fully saturated rings. The summed E-state index contributed by atoms with van der Waals surface area (Å²) < 4.78 is 5.22. The van der Waals surface area contributed by atoms with Gasteiger partial charge in [-0.2, -0.15) is 0 Å². The maximum atomic E-state index is 11.8. The SMILES string of the molecule is CC(C)(C)OC(=O)N1CC(N=[N+]=N)C(N=[N+]=N)C1. The van der Waals surface area contributed by atoms with Gasteiger partial charge in [-0.1, -0.05) is 0 Å². The number of ether oxygens (including phenoxy) is 1. The molecule has 2 unspecified atom stereocenters. The van der Waals surface area contributed by atoms with Gasteiger partial charge in [0.1, 0.15) is 26.9 Å². The summed E-state index contributed by atoms with van der Waals surface area (Å²) in [6.45, 7) is 5.87. The number of nitrogens with one attached hydrogen (secondary N) is 2. The maximum Gasteiger partial charge on any atom is 0.410 e. The molecule has 1 saturated heterocycles. The van der Waals surface area contributed by atoms with Crippen molar-refractivity contribution < 1.29 is 9.53 Å². The average Bonchev–Trinajstić information content (AvgIpc) is 2.61. The van der Waals surface area contributed by atoms with Crippen LogP contribution in [0.25, 0.3) is 0 Å². The van der Waals surface area contributed by atoms with Crippen molar-refractivity contribution in [2.75, 3.05) is 13.1 Å². The molecule has 18 heavy (non-hydrogen) atoms. The van der Waals surface area contributed by atoms with Crippen molar-refractivity contribution in [3.63, 3.8) is 0 Å². The molecule has 0 saturated carbocycles. The molecule has 0 bridgehead atoms. The molecular formula is C9H17N7O2+2. The van der Waals surface area contributed by atoms with Gasteiger partial charge in [-0.25, -0.2) is 4.79 Å². The molecule has 9 heteroatoms. The van der Waals surface area contributed by atoms with Gasteiger partial charge in [-0.3, -0.25) is 0 Å². The highest BCUT2D eigenvalue weighted by Crippen LogP contribution is 2.19. The predicted octanol–water partition coefficient (Wildman–Crippen LogP) is 1.08. The van der Waals surface area contributed by atoms with Crippen molar-refractivity contribution >= 4 is 6.09 Å². The van der Waals surface area contributed by atoms with E-state index in [4.69, 9.17) is 15.8 Å². The molecule has 1 heterocycles. The lowest BCUT2D eigenvalue weighted by Crippen LogP contribution is -2.35. The summed E-state index contributed by atoms with van der Waals surface area (Å²) in [4.78, 5) is 19.2. The smallest absolute Gasteiger partial charge is 0.410 e. The van der Waals surface area contributed by atoms with Crippen molar-refractivity contribution in [2.24, 2.45) is 10.2 Å². The van der Waals surface area contributed by atoms with Crippen LogP contribution < -0.4 is 9.82 Å². The van der Waals surface area contributed by atoms with Crippen molar-refractivity contribution in [3.05, 3.63) is 0 Å². The lowest BCUT2D eigenvalue weighted by Gasteiger charge is -2.23. The molecule has 1 rings (SSSR count). The third kappa shape index (κ3) is 3.73. The Kier molecular flexibility index (Phi) is 4.25. The predicted molar refractivity (Wildman–Crippen MR) is 59.9 cm³/mol. The Morgan fingerprint density at radius 3 is 2.00 bits per heavy atom. The van der Waals surface area contributed by atoms with Crippen molar-refractivity contribution in [3.8, 4) is 0 Å². The van der Waals surface area contributed by atoms with Gasteiger partial charge in [0.25, 0.3) is 0 Å². The van der Waals surface area contributed by atoms with E-state index in [2.05, 4.69) is 20.1 Å². The lowest BCUT2D eigenvalue weighted by atomic mass is 10.2. The second-order valence-corrected chi connectivity index (χ2v) is 4.95. The van der Waals surface area contributed by atoms with Gasteiger partial charge in [-0.05, 0) is 20.8 Å². The van der Waals surface area contributed by atoms with Crippen molar-refractivity contribution in [2.45, 2.75) is 38.5 Å². The van der Waals surface area contributed by atoms with E-state index in [-0.39, 0.29) is 13.1 Å². The molecule has 0 aromatic rings. The van der Waals surface area contributed by atoms with Crippen LogP contribution in [0, 0.1) is 11.1 Å². The second kappa shape index (κ2) is 5.48. The Hall–Kier alpha value is -2.11. The fourth-order valence-electron chi connectivity index (χ4n) is 1.62. The van der Waals surface area contributed by atoms with E-state index in [0.717, 1.165) is 0 Å². The zero-order valence-corrected chi connectivity index (χ0v) is 10.6. The van der Waals surface area contributed by atoms with E-state index in [1.165, 1.54) is 4.90 Å². The third-order valence-electron chi connectivity index (χ3n) is 2.32. The standard InChI is InChI=1S/C9H17N7O2/c1-9(2,3)18-8(17)16-4-6(12-14-10)7(5-16)13-15-11/h6-7,10-11H,4-5H2,1-3H3/q+2. The van der Waals surface area contributed by atoms with Crippen molar-refractivity contribution in [1.82, 2.24) is 14.7 Å². The van der Waals surface area contributed by atoms with E-state index in [1.54, 1.807) is 20.8 Å². The zero-order valence-electron chi connectivity index (χ0n) is 10.6. The van der Waals surface area contributed by atoms with Crippen LogP contribution in [-0.4, -0.2) is 41.8 Å². The van der Waals surface area contributed by atoms with Crippen LogP contribution in [0.1, 0.15) is 20.8 Å². The quantitative estimate of drug-likeness (QED) is 0.564. The normalized spacial score (nSPS) is 22.9. The summed E-state index contributed by atoms with van der Waals surface area (Å²) >= 11 is 0. The lowest BCUT2D eigenvalue weighted by molar-refractivity contribution is 0.0290. The second-order valence-electron chi connectivity index (χ2n) is 4.95. The van der Waals surface area contributed by atoms with Crippen LogP contribution in [0.3, 0.4) is 0 Å². The van der Waals surface area contributed by atoms with Crippen LogP contribution in [-0.2, 0) is 4.74 Å². The maximum absolute atomic E-state index is 11.8.